The van der Waals surface area contributed by atoms with Gasteiger partial charge in [0.15, 0.2) is 0 Å². The molecule has 0 unspecified atom stereocenters. The predicted octanol–water partition coefficient (Wildman–Crippen LogP) is 2.17. The largest absolute Gasteiger partial charge is 0.497 e. The summed E-state index contributed by atoms with van der Waals surface area (Å²) < 4.78 is 31.8. The second-order valence-electron chi connectivity index (χ2n) is 3.48. The molecule has 0 saturated carbocycles. The normalized spacial score (nSPS) is 11.8. The molecule has 1 aromatic rings. The Morgan fingerprint density at radius 1 is 1.35 bits per heavy atom. The van der Waals surface area contributed by atoms with Crippen LogP contribution in [-0.4, -0.2) is 18.8 Å². The van der Waals surface area contributed by atoms with Crippen LogP contribution in [0.4, 0.5) is 8.78 Å². The second-order valence-corrected chi connectivity index (χ2v) is 3.48. The average Bonchev–Trinajstić information content (AvgIpc) is 2.25. The maximum absolute atomic E-state index is 13.5. The highest BCUT2D eigenvalue weighted by molar-refractivity contribution is 5.85. The van der Waals surface area contributed by atoms with Crippen LogP contribution in [0.2, 0.25) is 0 Å². The molecule has 17 heavy (non-hydrogen) atoms. The zero-order chi connectivity index (χ0) is 12.1. The first-order valence-electron chi connectivity index (χ1n) is 4.99. The van der Waals surface area contributed by atoms with E-state index < -0.39 is 17.7 Å². The molecule has 0 saturated heterocycles. The number of benzene rings is 1. The minimum atomic E-state index is -0.752. The first-order chi connectivity index (χ1) is 7.60. The number of nitrogens with two attached hydrogens (primary N) is 1. The monoisotopic (exact) mass is 267 g/mol. The van der Waals surface area contributed by atoms with Crippen molar-refractivity contribution in [1.82, 2.24) is 0 Å². The number of hydrogen-bond acceptors (Lipinski definition) is 3. The average molecular weight is 268 g/mol. The van der Waals surface area contributed by atoms with Crippen LogP contribution in [0.1, 0.15) is 24.4 Å². The second kappa shape index (κ2) is 7.42. The van der Waals surface area contributed by atoms with E-state index >= 15 is 0 Å². The van der Waals surface area contributed by atoms with Gasteiger partial charge in [0, 0.05) is 30.3 Å². The van der Waals surface area contributed by atoms with Gasteiger partial charge in [-0.05, 0) is 12.8 Å². The number of halogens is 3. The summed E-state index contributed by atoms with van der Waals surface area (Å²) in [6.07, 6.45) is 0.739. The van der Waals surface area contributed by atoms with Gasteiger partial charge in [-0.3, -0.25) is 0 Å². The van der Waals surface area contributed by atoms with Crippen molar-refractivity contribution >= 4 is 12.4 Å². The van der Waals surface area contributed by atoms with Gasteiger partial charge in [-0.25, -0.2) is 8.78 Å². The summed E-state index contributed by atoms with van der Waals surface area (Å²) in [5.74, 6) is -1.32. The number of rotatable bonds is 5. The van der Waals surface area contributed by atoms with Crippen LogP contribution >= 0.6 is 12.4 Å². The molecule has 0 spiro atoms. The van der Waals surface area contributed by atoms with E-state index in [0.29, 0.717) is 12.8 Å². The Hall–Kier alpha value is -0.910. The van der Waals surface area contributed by atoms with Crippen molar-refractivity contribution in [1.29, 1.82) is 0 Å². The Bertz CT molecular complexity index is 340. The maximum Gasteiger partial charge on any atom is 0.134 e. The van der Waals surface area contributed by atoms with Crippen LogP contribution in [0.15, 0.2) is 12.1 Å². The fraction of sp³-hybridized carbons (Fsp3) is 0.455. The van der Waals surface area contributed by atoms with Crippen LogP contribution in [0.3, 0.4) is 0 Å². The van der Waals surface area contributed by atoms with E-state index in [2.05, 4.69) is 0 Å². The van der Waals surface area contributed by atoms with Gasteiger partial charge in [-0.15, -0.1) is 12.4 Å². The van der Waals surface area contributed by atoms with Crippen molar-refractivity contribution in [2.24, 2.45) is 5.73 Å². The molecule has 3 N–H and O–H groups in total. The zero-order valence-corrected chi connectivity index (χ0v) is 10.3. The van der Waals surface area contributed by atoms with E-state index in [1.165, 1.54) is 7.11 Å². The van der Waals surface area contributed by atoms with Crippen LogP contribution in [-0.2, 0) is 0 Å². The maximum atomic E-state index is 13.5. The molecule has 0 amide bonds. The summed E-state index contributed by atoms with van der Waals surface area (Å²) in [7, 11) is 1.33. The molecule has 0 radical (unpaired) electrons. The smallest absolute Gasteiger partial charge is 0.134 e. The fourth-order valence-corrected chi connectivity index (χ4v) is 1.49. The van der Waals surface area contributed by atoms with Gasteiger partial charge in [0.1, 0.15) is 17.4 Å². The molecule has 0 bridgehead atoms. The third-order valence-electron chi connectivity index (χ3n) is 2.33. The molecule has 0 fully saturated rings. The number of aliphatic hydroxyl groups excluding tert-OH is 1. The minimum absolute atomic E-state index is 0. The van der Waals surface area contributed by atoms with Gasteiger partial charge in [0.05, 0.1) is 7.11 Å². The van der Waals surface area contributed by atoms with Crippen LogP contribution in [0.5, 0.6) is 5.75 Å². The Balaban J connectivity index is 0.00000256. The Morgan fingerprint density at radius 3 is 2.29 bits per heavy atom. The minimum Gasteiger partial charge on any atom is -0.497 e. The lowest BCUT2D eigenvalue weighted by Crippen LogP contribution is -2.15. The number of aliphatic hydroxyl groups is 1. The molecule has 6 heteroatoms. The van der Waals surface area contributed by atoms with Gasteiger partial charge in [-0.2, -0.15) is 0 Å². The third-order valence-corrected chi connectivity index (χ3v) is 2.33. The number of methoxy groups -OCH3 is 1. The summed E-state index contributed by atoms with van der Waals surface area (Å²) >= 11 is 0. The van der Waals surface area contributed by atoms with E-state index in [0.717, 1.165) is 12.1 Å². The molecule has 0 aromatic heterocycles. The van der Waals surface area contributed by atoms with Crippen molar-refractivity contribution in [2.45, 2.75) is 18.9 Å². The number of ether oxygens (including phenoxy) is 1. The van der Waals surface area contributed by atoms with Crippen LogP contribution in [0.25, 0.3) is 0 Å². The summed E-state index contributed by atoms with van der Waals surface area (Å²) in [5.41, 5.74) is 5.48. The van der Waals surface area contributed by atoms with Gasteiger partial charge in [0.2, 0.25) is 0 Å². The van der Waals surface area contributed by atoms with Crippen molar-refractivity contribution in [3.8, 4) is 5.75 Å². The molecule has 0 heterocycles. The Morgan fingerprint density at radius 2 is 1.88 bits per heavy atom. The van der Waals surface area contributed by atoms with E-state index in [-0.39, 0.29) is 30.3 Å². The highest BCUT2D eigenvalue weighted by Gasteiger charge is 2.17. The molecule has 98 valence electrons. The van der Waals surface area contributed by atoms with Gasteiger partial charge >= 0.3 is 0 Å². The highest BCUT2D eigenvalue weighted by Crippen LogP contribution is 2.26. The SMILES string of the molecule is COc1cc(F)c([C@H](N)CCCO)c(F)c1.Cl. The molecule has 1 aromatic carbocycles. The van der Waals surface area contributed by atoms with E-state index in [1.54, 1.807) is 0 Å². The van der Waals surface area contributed by atoms with Crippen LogP contribution in [0, 0.1) is 11.6 Å². The van der Waals surface area contributed by atoms with Crippen molar-refractivity contribution < 1.29 is 18.6 Å². The fourth-order valence-electron chi connectivity index (χ4n) is 1.49. The quantitative estimate of drug-likeness (QED) is 0.860. The highest BCUT2D eigenvalue weighted by atomic mass is 35.5. The Labute approximate surface area is 105 Å². The predicted molar refractivity (Wildman–Crippen MR) is 63.4 cm³/mol. The van der Waals surface area contributed by atoms with E-state index in [4.69, 9.17) is 15.6 Å². The molecule has 1 atom stereocenters. The molecule has 0 aliphatic heterocycles. The lowest BCUT2D eigenvalue weighted by Gasteiger charge is -2.14. The molecular weight excluding hydrogens is 252 g/mol. The third kappa shape index (κ3) is 4.11. The van der Waals surface area contributed by atoms with Gasteiger partial charge < -0.3 is 15.6 Å². The van der Waals surface area contributed by atoms with E-state index in [9.17, 15) is 8.78 Å². The lowest BCUT2D eigenvalue weighted by molar-refractivity contribution is 0.278. The van der Waals surface area contributed by atoms with Crippen molar-refractivity contribution in [3.63, 3.8) is 0 Å². The standard InChI is InChI=1S/C11H15F2NO2.ClH/c1-16-7-5-8(12)11(9(13)6-7)10(14)3-2-4-15;/h5-6,10,15H,2-4,14H2,1H3;1H/t10-;/m1./s1. The molecule has 0 aliphatic carbocycles. The Kier molecular flexibility index (Phi) is 7.03. The van der Waals surface area contributed by atoms with E-state index in [1.807, 2.05) is 0 Å². The summed E-state index contributed by atoms with van der Waals surface area (Å²) in [6.45, 7) is -0.0485. The van der Waals surface area contributed by atoms with Gasteiger partial charge in [0.25, 0.3) is 0 Å². The van der Waals surface area contributed by atoms with Gasteiger partial charge in [-0.1, -0.05) is 0 Å². The zero-order valence-electron chi connectivity index (χ0n) is 9.45. The molecule has 3 nitrogen and oxygen atoms in total. The lowest BCUT2D eigenvalue weighted by atomic mass is 10.0. The first kappa shape index (κ1) is 16.1. The number of hydrogen-bond donors (Lipinski definition) is 2. The molecular formula is C11H16ClF2NO2. The van der Waals surface area contributed by atoms with Crippen molar-refractivity contribution in [2.75, 3.05) is 13.7 Å². The summed E-state index contributed by atoms with van der Waals surface area (Å²) in [6, 6.07) is 1.44. The molecule has 0 aliphatic rings. The summed E-state index contributed by atoms with van der Waals surface area (Å²) in [4.78, 5) is 0. The molecule has 1 rings (SSSR count). The van der Waals surface area contributed by atoms with Crippen LogP contribution < -0.4 is 10.5 Å². The van der Waals surface area contributed by atoms with Crippen molar-refractivity contribution in [3.05, 3.63) is 29.3 Å². The topological polar surface area (TPSA) is 55.5 Å². The summed E-state index contributed by atoms with van der Waals surface area (Å²) in [5, 5.41) is 8.62. The first-order valence-corrected chi connectivity index (χ1v) is 4.99.